The minimum atomic E-state index is -0.388. The molecule has 2 aromatic carbocycles. The zero-order valence-electron chi connectivity index (χ0n) is 14.6. The van der Waals surface area contributed by atoms with Gasteiger partial charge in [0.15, 0.2) is 0 Å². The lowest BCUT2D eigenvalue weighted by Crippen LogP contribution is -2.19. The molecule has 1 heterocycles. The van der Waals surface area contributed by atoms with E-state index in [4.69, 9.17) is 4.74 Å². The zero-order chi connectivity index (χ0) is 17.8. The van der Waals surface area contributed by atoms with Gasteiger partial charge < -0.3 is 14.6 Å². The Labute approximate surface area is 146 Å². The van der Waals surface area contributed by atoms with Crippen molar-refractivity contribution in [2.45, 2.75) is 20.4 Å². The molecule has 0 aliphatic heterocycles. The second-order valence-corrected chi connectivity index (χ2v) is 5.94. The molecule has 0 atom stereocenters. The fourth-order valence-electron chi connectivity index (χ4n) is 2.74. The van der Waals surface area contributed by atoms with E-state index in [9.17, 15) is 4.79 Å². The van der Waals surface area contributed by atoms with Crippen molar-refractivity contribution in [3.05, 3.63) is 81.8 Å². The summed E-state index contributed by atoms with van der Waals surface area (Å²) in [6.07, 6.45) is 1.69. The molecule has 3 rings (SSSR count). The van der Waals surface area contributed by atoms with Crippen LogP contribution in [0.4, 0.5) is 11.6 Å². The molecule has 0 amide bonds. The first-order valence-corrected chi connectivity index (χ1v) is 8.11. The molecule has 128 valence electrons. The van der Waals surface area contributed by atoms with Gasteiger partial charge in [0, 0.05) is 5.69 Å². The fourth-order valence-corrected chi connectivity index (χ4v) is 2.74. The molecule has 0 bridgehead atoms. The van der Waals surface area contributed by atoms with Crippen LogP contribution in [0.1, 0.15) is 16.7 Å². The summed E-state index contributed by atoms with van der Waals surface area (Å²) in [6.45, 7) is 4.63. The molecular formula is C20H21N3O2. The highest BCUT2D eigenvalue weighted by Gasteiger charge is 2.12. The Bertz CT molecular complexity index is 913. The summed E-state index contributed by atoms with van der Waals surface area (Å²) in [7, 11) is 1.48. The minimum Gasteiger partial charge on any atom is -0.490 e. The molecule has 0 aliphatic rings. The molecule has 3 aromatic rings. The molecule has 1 N–H and O–H groups in total. The van der Waals surface area contributed by atoms with Crippen LogP contribution in [0, 0.1) is 13.8 Å². The normalized spacial score (nSPS) is 10.5. The average Bonchev–Trinajstić information content (AvgIpc) is 2.61. The first kappa shape index (κ1) is 16.8. The smallest absolute Gasteiger partial charge is 0.316 e. The van der Waals surface area contributed by atoms with Gasteiger partial charge in [-0.1, -0.05) is 48.5 Å². The Kier molecular flexibility index (Phi) is 4.84. The molecule has 0 unspecified atom stereocenters. The molecule has 0 aliphatic carbocycles. The molecular weight excluding hydrogens is 314 g/mol. The molecule has 0 saturated carbocycles. The Hall–Kier alpha value is -3.08. The minimum absolute atomic E-state index is 0.225. The number of ether oxygens (including phenoxy) is 1. The van der Waals surface area contributed by atoms with Crippen LogP contribution in [0.3, 0.4) is 0 Å². The summed E-state index contributed by atoms with van der Waals surface area (Å²) >= 11 is 0. The van der Waals surface area contributed by atoms with Gasteiger partial charge in [0.2, 0.25) is 11.7 Å². The van der Waals surface area contributed by atoms with E-state index in [-0.39, 0.29) is 11.3 Å². The van der Waals surface area contributed by atoms with Crippen LogP contribution >= 0.6 is 0 Å². The van der Waals surface area contributed by atoms with Gasteiger partial charge >= 0.3 is 5.56 Å². The fraction of sp³-hybridized carbons (Fsp3) is 0.200. The van der Waals surface area contributed by atoms with E-state index in [1.807, 2.05) is 66.9 Å². The molecule has 0 saturated heterocycles. The Balaban J connectivity index is 2.05. The third kappa shape index (κ3) is 3.71. The molecule has 5 heteroatoms. The quantitative estimate of drug-likeness (QED) is 0.773. The number of nitrogens with zero attached hydrogens (tertiary/aromatic N) is 2. The molecule has 0 radical (unpaired) electrons. The maximum Gasteiger partial charge on any atom is 0.316 e. The lowest BCUT2D eigenvalue weighted by Gasteiger charge is -2.17. The van der Waals surface area contributed by atoms with Crippen molar-refractivity contribution in [3.63, 3.8) is 0 Å². The third-order valence-electron chi connectivity index (χ3n) is 4.10. The van der Waals surface area contributed by atoms with Gasteiger partial charge in [-0.3, -0.25) is 4.79 Å². The van der Waals surface area contributed by atoms with Crippen molar-refractivity contribution in [2.75, 3.05) is 12.4 Å². The largest absolute Gasteiger partial charge is 0.490 e. The Morgan fingerprint density at radius 3 is 2.36 bits per heavy atom. The summed E-state index contributed by atoms with van der Waals surface area (Å²) in [4.78, 5) is 16.3. The van der Waals surface area contributed by atoms with Crippen LogP contribution in [0.25, 0.3) is 0 Å². The zero-order valence-corrected chi connectivity index (χ0v) is 14.6. The number of rotatable bonds is 5. The predicted octanol–water partition coefficient (Wildman–Crippen LogP) is 3.66. The first-order chi connectivity index (χ1) is 12.1. The highest BCUT2D eigenvalue weighted by Crippen LogP contribution is 2.24. The summed E-state index contributed by atoms with van der Waals surface area (Å²) in [6, 6.07) is 16.1. The number of hydrogen-bond acceptors (Lipinski definition) is 4. The van der Waals surface area contributed by atoms with Gasteiger partial charge in [-0.05, 0) is 30.5 Å². The van der Waals surface area contributed by atoms with Crippen molar-refractivity contribution < 1.29 is 4.74 Å². The monoisotopic (exact) mass is 335 g/mol. The number of nitrogens with one attached hydrogen (secondary N) is 1. The highest BCUT2D eigenvalue weighted by molar-refractivity contribution is 5.63. The molecule has 0 fully saturated rings. The van der Waals surface area contributed by atoms with Crippen molar-refractivity contribution in [1.82, 2.24) is 9.55 Å². The summed E-state index contributed by atoms with van der Waals surface area (Å²) < 4.78 is 7.04. The van der Waals surface area contributed by atoms with E-state index in [2.05, 4.69) is 10.3 Å². The SMILES string of the molecule is COc1cn(Cc2ccccc2)c(Nc2c(C)cccc2C)nc1=O. The summed E-state index contributed by atoms with van der Waals surface area (Å²) in [5.74, 6) is 0.718. The maximum absolute atomic E-state index is 12.1. The van der Waals surface area contributed by atoms with E-state index in [0.717, 1.165) is 22.4 Å². The number of aryl methyl sites for hydroxylation is 2. The number of methoxy groups -OCH3 is 1. The van der Waals surface area contributed by atoms with Crippen LogP contribution in [0.15, 0.2) is 59.5 Å². The summed E-state index contributed by atoms with van der Waals surface area (Å²) in [5, 5.41) is 3.32. The van der Waals surface area contributed by atoms with Gasteiger partial charge in [0.05, 0.1) is 19.9 Å². The standard InChI is InChI=1S/C20H21N3O2/c1-14-8-7-9-15(2)18(14)21-20-22-19(24)17(25-3)13-23(20)12-16-10-5-4-6-11-16/h4-11,13H,12H2,1-3H3,(H,21,22,24). The number of aromatic nitrogens is 2. The second-order valence-electron chi connectivity index (χ2n) is 5.94. The summed E-state index contributed by atoms with van der Waals surface area (Å²) in [5.41, 5.74) is 3.87. The van der Waals surface area contributed by atoms with Crippen molar-refractivity contribution in [3.8, 4) is 5.75 Å². The number of hydrogen-bond donors (Lipinski definition) is 1. The van der Waals surface area contributed by atoms with Crippen LogP contribution in [-0.4, -0.2) is 16.7 Å². The van der Waals surface area contributed by atoms with E-state index < -0.39 is 0 Å². The van der Waals surface area contributed by atoms with E-state index in [1.54, 1.807) is 6.20 Å². The first-order valence-electron chi connectivity index (χ1n) is 8.11. The average molecular weight is 335 g/mol. The number of para-hydroxylation sites is 1. The van der Waals surface area contributed by atoms with Gasteiger partial charge in [-0.15, -0.1) is 0 Å². The molecule has 25 heavy (non-hydrogen) atoms. The Morgan fingerprint density at radius 1 is 1.04 bits per heavy atom. The second kappa shape index (κ2) is 7.21. The lowest BCUT2D eigenvalue weighted by atomic mass is 10.1. The van der Waals surface area contributed by atoms with E-state index in [1.165, 1.54) is 7.11 Å². The van der Waals surface area contributed by atoms with Gasteiger partial charge in [-0.25, -0.2) is 0 Å². The van der Waals surface area contributed by atoms with Gasteiger partial charge in [0.25, 0.3) is 0 Å². The predicted molar refractivity (Wildman–Crippen MR) is 99.8 cm³/mol. The van der Waals surface area contributed by atoms with Crippen molar-refractivity contribution >= 4 is 11.6 Å². The number of benzene rings is 2. The Morgan fingerprint density at radius 2 is 1.72 bits per heavy atom. The van der Waals surface area contributed by atoms with Gasteiger partial charge in [0.1, 0.15) is 0 Å². The highest BCUT2D eigenvalue weighted by atomic mass is 16.5. The molecule has 5 nitrogen and oxygen atoms in total. The van der Waals surface area contributed by atoms with Crippen molar-refractivity contribution in [2.24, 2.45) is 0 Å². The van der Waals surface area contributed by atoms with E-state index in [0.29, 0.717) is 12.5 Å². The molecule has 0 spiro atoms. The topological polar surface area (TPSA) is 56.1 Å². The molecule has 1 aromatic heterocycles. The van der Waals surface area contributed by atoms with Crippen LogP contribution in [0.2, 0.25) is 0 Å². The maximum atomic E-state index is 12.1. The van der Waals surface area contributed by atoms with Crippen LogP contribution in [-0.2, 0) is 6.54 Å². The van der Waals surface area contributed by atoms with Gasteiger partial charge in [-0.2, -0.15) is 4.98 Å². The van der Waals surface area contributed by atoms with Crippen LogP contribution in [0.5, 0.6) is 5.75 Å². The van der Waals surface area contributed by atoms with Crippen molar-refractivity contribution in [1.29, 1.82) is 0 Å². The van der Waals surface area contributed by atoms with E-state index >= 15 is 0 Å². The third-order valence-corrected chi connectivity index (χ3v) is 4.10. The number of anilines is 2. The lowest BCUT2D eigenvalue weighted by molar-refractivity contribution is 0.402. The van der Waals surface area contributed by atoms with Crippen LogP contribution < -0.4 is 15.6 Å².